The highest BCUT2D eigenvalue weighted by Crippen LogP contribution is 2.26. The summed E-state index contributed by atoms with van der Waals surface area (Å²) in [7, 11) is 1.39. The first-order valence-corrected chi connectivity index (χ1v) is 6.20. The highest BCUT2D eigenvalue weighted by molar-refractivity contribution is 5.97. The molecule has 100 valence electrons. The quantitative estimate of drug-likeness (QED) is 0.908. The van der Waals surface area contributed by atoms with E-state index in [4.69, 9.17) is 10.00 Å². The van der Waals surface area contributed by atoms with Crippen molar-refractivity contribution in [3.63, 3.8) is 0 Å². The van der Waals surface area contributed by atoms with Crippen LogP contribution in [0.5, 0.6) is 5.75 Å². The molecule has 1 fully saturated rings. The summed E-state index contributed by atoms with van der Waals surface area (Å²) in [4.78, 5) is 12.1. The smallest absolute Gasteiger partial charge is 0.258 e. The van der Waals surface area contributed by atoms with Gasteiger partial charge in [0, 0.05) is 6.04 Å². The third-order valence-corrected chi connectivity index (χ3v) is 3.42. The van der Waals surface area contributed by atoms with Crippen LogP contribution < -0.4 is 10.1 Å². The molecule has 1 saturated carbocycles. The predicted octanol–water partition coefficient (Wildman–Crippen LogP) is 2.26. The zero-order chi connectivity index (χ0) is 13.8. The van der Waals surface area contributed by atoms with Gasteiger partial charge >= 0.3 is 0 Å². The fourth-order valence-electron chi connectivity index (χ4n) is 2.42. The van der Waals surface area contributed by atoms with Gasteiger partial charge in [-0.1, -0.05) is 6.07 Å². The summed E-state index contributed by atoms with van der Waals surface area (Å²) in [6, 6.07) is 6.20. The Labute approximate surface area is 111 Å². The van der Waals surface area contributed by atoms with Gasteiger partial charge in [0.2, 0.25) is 0 Å². The summed E-state index contributed by atoms with van der Waals surface area (Å²) >= 11 is 0. The largest absolute Gasteiger partial charge is 0.496 e. The van der Waals surface area contributed by atoms with Crippen molar-refractivity contribution in [2.45, 2.75) is 25.3 Å². The Morgan fingerprint density at radius 1 is 1.53 bits per heavy atom. The Hall–Kier alpha value is -2.09. The predicted molar refractivity (Wildman–Crippen MR) is 67.2 cm³/mol. The normalized spacial score (nSPS) is 21.7. The van der Waals surface area contributed by atoms with Gasteiger partial charge in [0.15, 0.2) is 0 Å². The van der Waals surface area contributed by atoms with Gasteiger partial charge in [0.1, 0.15) is 17.1 Å². The van der Waals surface area contributed by atoms with Gasteiger partial charge in [0.05, 0.1) is 19.1 Å². The van der Waals surface area contributed by atoms with Crippen molar-refractivity contribution >= 4 is 5.91 Å². The molecule has 0 bridgehead atoms. The molecule has 2 unspecified atom stereocenters. The molecular weight excluding hydrogens is 247 g/mol. The summed E-state index contributed by atoms with van der Waals surface area (Å²) in [6.45, 7) is 0. The number of ether oxygens (including phenoxy) is 1. The second-order valence-corrected chi connectivity index (χ2v) is 4.56. The standard InChI is InChI=1S/C14H15FN2O2/c1-19-12-7-3-5-10(15)13(12)14(18)17-11-6-2-4-9(11)8-16/h3,5,7,9,11H,2,4,6H2,1H3,(H,17,18). The lowest BCUT2D eigenvalue weighted by Gasteiger charge is -2.17. The second-order valence-electron chi connectivity index (χ2n) is 4.56. The highest BCUT2D eigenvalue weighted by Gasteiger charge is 2.30. The van der Waals surface area contributed by atoms with Gasteiger partial charge in [0.25, 0.3) is 5.91 Å². The number of halogens is 1. The summed E-state index contributed by atoms with van der Waals surface area (Å²) in [5, 5.41) is 11.7. The first-order valence-electron chi connectivity index (χ1n) is 6.20. The molecule has 5 heteroatoms. The second kappa shape index (κ2) is 5.70. The zero-order valence-corrected chi connectivity index (χ0v) is 10.6. The van der Waals surface area contributed by atoms with E-state index in [1.807, 2.05) is 0 Å². The fourth-order valence-corrected chi connectivity index (χ4v) is 2.42. The molecule has 0 aromatic heterocycles. The lowest BCUT2D eigenvalue weighted by Crippen LogP contribution is -2.37. The van der Waals surface area contributed by atoms with Gasteiger partial charge in [-0.15, -0.1) is 0 Å². The summed E-state index contributed by atoms with van der Waals surface area (Å²) in [6.07, 6.45) is 2.42. The van der Waals surface area contributed by atoms with E-state index in [-0.39, 0.29) is 23.3 Å². The Morgan fingerprint density at radius 2 is 2.32 bits per heavy atom. The Bertz CT molecular complexity index is 525. The summed E-state index contributed by atoms with van der Waals surface area (Å²) in [5.41, 5.74) is -0.103. The van der Waals surface area contributed by atoms with E-state index in [2.05, 4.69) is 11.4 Å². The van der Waals surface area contributed by atoms with E-state index in [0.29, 0.717) is 0 Å². The van der Waals surface area contributed by atoms with Crippen LogP contribution in [0.15, 0.2) is 18.2 Å². The first kappa shape index (κ1) is 13.3. The average molecular weight is 262 g/mol. The number of nitrogens with one attached hydrogen (secondary N) is 1. The van der Waals surface area contributed by atoms with E-state index < -0.39 is 11.7 Å². The van der Waals surface area contributed by atoms with Crippen LogP contribution in [0.1, 0.15) is 29.6 Å². The molecule has 0 heterocycles. The van der Waals surface area contributed by atoms with Crippen LogP contribution in [0.3, 0.4) is 0 Å². The maximum Gasteiger partial charge on any atom is 0.258 e. The van der Waals surface area contributed by atoms with Crippen LogP contribution in [0, 0.1) is 23.1 Å². The number of amides is 1. The van der Waals surface area contributed by atoms with E-state index in [9.17, 15) is 9.18 Å². The lowest BCUT2D eigenvalue weighted by molar-refractivity contribution is 0.0925. The number of carbonyl (C=O) groups is 1. The first-order chi connectivity index (χ1) is 9.17. The molecule has 1 aliphatic rings. The van der Waals surface area contributed by atoms with Crippen molar-refractivity contribution in [3.8, 4) is 11.8 Å². The molecule has 1 aromatic carbocycles. The number of rotatable bonds is 3. The number of hydrogen-bond acceptors (Lipinski definition) is 3. The maximum atomic E-state index is 13.7. The Kier molecular flexibility index (Phi) is 4.00. The molecule has 0 saturated heterocycles. The topological polar surface area (TPSA) is 62.1 Å². The number of hydrogen-bond donors (Lipinski definition) is 1. The van der Waals surface area contributed by atoms with E-state index in [1.165, 1.54) is 25.3 Å². The van der Waals surface area contributed by atoms with E-state index >= 15 is 0 Å². The van der Waals surface area contributed by atoms with Crippen LogP contribution in [-0.2, 0) is 0 Å². The van der Waals surface area contributed by atoms with E-state index in [0.717, 1.165) is 19.3 Å². The minimum absolute atomic E-state index is 0.103. The third-order valence-electron chi connectivity index (χ3n) is 3.42. The van der Waals surface area contributed by atoms with Crippen molar-refractivity contribution in [2.24, 2.45) is 5.92 Å². The molecule has 1 aliphatic carbocycles. The van der Waals surface area contributed by atoms with Crippen molar-refractivity contribution in [3.05, 3.63) is 29.6 Å². The lowest BCUT2D eigenvalue weighted by atomic mass is 10.0. The van der Waals surface area contributed by atoms with Crippen LogP contribution in [0.25, 0.3) is 0 Å². The van der Waals surface area contributed by atoms with E-state index in [1.54, 1.807) is 0 Å². The molecule has 0 aliphatic heterocycles. The van der Waals surface area contributed by atoms with Crippen LogP contribution in [0.2, 0.25) is 0 Å². The summed E-state index contributed by atoms with van der Waals surface area (Å²) in [5.74, 6) is -1.14. The molecule has 0 spiro atoms. The van der Waals surface area contributed by atoms with Crippen LogP contribution in [-0.4, -0.2) is 19.1 Å². The molecule has 2 rings (SSSR count). The van der Waals surface area contributed by atoms with Gasteiger partial charge < -0.3 is 10.1 Å². The minimum atomic E-state index is -0.622. The molecule has 0 radical (unpaired) electrons. The van der Waals surface area contributed by atoms with Gasteiger partial charge in [-0.25, -0.2) is 4.39 Å². The zero-order valence-electron chi connectivity index (χ0n) is 10.6. The maximum absolute atomic E-state index is 13.7. The molecule has 4 nitrogen and oxygen atoms in total. The van der Waals surface area contributed by atoms with Crippen LogP contribution in [0.4, 0.5) is 4.39 Å². The van der Waals surface area contributed by atoms with Gasteiger partial charge in [-0.3, -0.25) is 4.79 Å². The Morgan fingerprint density at radius 3 is 3.00 bits per heavy atom. The van der Waals surface area contributed by atoms with Crippen molar-refractivity contribution in [1.82, 2.24) is 5.32 Å². The van der Waals surface area contributed by atoms with Crippen LogP contribution >= 0.6 is 0 Å². The number of nitriles is 1. The van der Waals surface area contributed by atoms with Gasteiger partial charge in [-0.2, -0.15) is 5.26 Å². The van der Waals surface area contributed by atoms with Gasteiger partial charge in [-0.05, 0) is 31.4 Å². The third kappa shape index (κ3) is 2.68. The number of nitrogens with zero attached hydrogens (tertiary/aromatic N) is 1. The molecule has 2 atom stereocenters. The SMILES string of the molecule is COc1cccc(F)c1C(=O)NC1CCCC1C#N. The van der Waals surface area contributed by atoms with Crippen molar-refractivity contribution in [1.29, 1.82) is 5.26 Å². The molecule has 1 amide bonds. The Balaban J connectivity index is 2.19. The monoisotopic (exact) mass is 262 g/mol. The number of carbonyl (C=O) groups excluding carboxylic acids is 1. The van der Waals surface area contributed by atoms with Crippen molar-refractivity contribution in [2.75, 3.05) is 7.11 Å². The molecule has 1 aromatic rings. The minimum Gasteiger partial charge on any atom is -0.496 e. The molecule has 1 N–H and O–H groups in total. The number of methoxy groups -OCH3 is 1. The highest BCUT2D eigenvalue weighted by atomic mass is 19.1. The molecular formula is C14H15FN2O2. The number of benzene rings is 1. The fraction of sp³-hybridized carbons (Fsp3) is 0.429. The summed E-state index contributed by atoms with van der Waals surface area (Å²) < 4.78 is 18.7. The van der Waals surface area contributed by atoms with Crippen molar-refractivity contribution < 1.29 is 13.9 Å². The molecule has 19 heavy (non-hydrogen) atoms. The average Bonchev–Trinajstić information content (AvgIpc) is 2.85.